The van der Waals surface area contributed by atoms with Gasteiger partial charge in [0, 0.05) is 0 Å². The molecule has 0 rings (SSSR count). The van der Waals surface area contributed by atoms with E-state index in [9.17, 15) is 4.57 Å². The number of rotatable bonds is 4. The highest BCUT2D eigenvalue weighted by Crippen LogP contribution is 2.54. The second kappa shape index (κ2) is 3.91. The molecule has 0 aliphatic heterocycles. The lowest BCUT2D eigenvalue weighted by Gasteiger charge is -2.32. The lowest BCUT2D eigenvalue weighted by molar-refractivity contribution is 0.291. The Labute approximate surface area is 74.3 Å². The molecule has 0 spiro atoms. The molecule has 74 valence electrons. The molecule has 4 heteroatoms. The van der Waals surface area contributed by atoms with E-state index in [-0.39, 0.29) is 5.92 Å². The Morgan fingerprint density at radius 2 is 1.83 bits per heavy atom. The van der Waals surface area contributed by atoms with Crippen molar-refractivity contribution < 1.29 is 14.4 Å². The van der Waals surface area contributed by atoms with E-state index in [0.717, 1.165) is 12.8 Å². The third-order valence-corrected chi connectivity index (χ3v) is 4.62. The smallest absolute Gasteiger partial charge is 0.324 e. The summed E-state index contributed by atoms with van der Waals surface area (Å²) in [5.41, 5.74) is 0. The zero-order chi connectivity index (χ0) is 9.99. The van der Waals surface area contributed by atoms with E-state index in [2.05, 4.69) is 0 Å². The molecule has 0 radical (unpaired) electrons. The van der Waals surface area contributed by atoms with Crippen LogP contribution in [0.25, 0.3) is 0 Å². The van der Waals surface area contributed by atoms with Crippen molar-refractivity contribution in [2.24, 2.45) is 5.92 Å². The maximum absolute atomic E-state index is 11.1. The third kappa shape index (κ3) is 2.58. The van der Waals surface area contributed by atoms with Gasteiger partial charge in [0.15, 0.2) is 0 Å². The molecule has 0 fully saturated rings. The van der Waals surface area contributed by atoms with Gasteiger partial charge in [-0.25, -0.2) is 0 Å². The van der Waals surface area contributed by atoms with Gasteiger partial charge < -0.3 is 9.79 Å². The summed E-state index contributed by atoms with van der Waals surface area (Å²) < 4.78 is 11.1. The molecule has 0 aromatic carbocycles. The largest absolute Gasteiger partial charge is 0.331 e. The first-order valence-electron chi connectivity index (χ1n) is 4.29. The van der Waals surface area contributed by atoms with Gasteiger partial charge in [0.1, 0.15) is 0 Å². The van der Waals surface area contributed by atoms with Crippen molar-refractivity contribution in [1.29, 1.82) is 0 Å². The summed E-state index contributed by atoms with van der Waals surface area (Å²) in [5.74, 6) is 0.0586. The molecule has 0 aromatic heterocycles. The average Bonchev–Trinajstić information content (AvgIpc) is 1.85. The third-order valence-electron chi connectivity index (χ3n) is 2.68. The molecule has 0 aromatic rings. The zero-order valence-electron chi connectivity index (χ0n) is 8.24. The Balaban J connectivity index is 4.50. The first-order chi connectivity index (χ1) is 5.23. The fourth-order valence-corrected chi connectivity index (χ4v) is 1.78. The molecule has 0 saturated carbocycles. The minimum Gasteiger partial charge on any atom is -0.324 e. The normalized spacial score (nSPS) is 16.2. The predicted octanol–water partition coefficient (Wildman–Crippen LogP) is 2.38. The lowest BCUT2D eigenvalue weighted by atomic mass is 9.92. The van der Waals surface area contributed by atoms with Gasteiger partial charge in [-0.3, -0.25) is 4.57 Å². The Morgan fingerprint density at radius 3 is 2.08 bits per heavy atom. The molecule has 0 saturated heterocycles. The van der Waals surface area contributed by atoms with Gasteiger partial charge in [0.25, 0.3) is 0 Å². The van der Waals surface area contributed by atoms with E-state index in [1.54, 1.807) is 13.8 Å². The van der Waals surface area contributed by atoms with Crippen LogP contribution < -0.4 is 0 Å². The molecule has 1 atom stereocenters. The predicted molar refractivity (Wildman–Crippen MR) is 50.2 cm³/mol. The van der Waals surface area contributed by atoms with Crippen molar-refractivity contribution in [1.82, 2.24) is 0 Å². The number of hydrogen-bond donors (Lipinski definition) is 2. The van der Waals surface area contributed by atoms with Gasteiger partial charge in [0.05, 0.1) is 5.16 Å². The summed E-state index contributed by atoms with van der Waals surface area (Å²) in [7, 11) is -3.95. The van der Waals surface area contributed by atoms with Crippen molar-refractivity contribution in [3.05, 3.63) is 0 Å². The van der Waals surface area contributed by atoms with Crippen molar-refractivity contribution in [3.63, 3.8) is 0 Å². The molecule has 1 unspecified atom stereocenters. The first-order valence-corrected chi connectivity index (χ1v) is 5.90. The summed E-state index contributed by atoms with van der Waals surface area (Å²) in [5, 5.41) is -0.886. The van der Waals surface area contributed by atoms with Crippen LogP contribution in [0, 0.1) is 5.92 Å². The fourth-order valence-electron chi connectivity index (χ4n) is 1.07. The van der Waals surface area contributed by atoms with Crippen LogP contribution in [-0.4, -0.2) is 14.9 Å². The van der Waals surface area contributed by atoms with Crippen LogP contribution in [0.2, 0.25) is 0 Å². The zero-order valence-corrected chi connectivity index (χ0v) is 9.14. The SMILES string of the molecule is CCCC(C)C(C)(C)P(=O)(O)O. The Morgan fingerprint density at radius 1 is 1.42 bits per heavy atom. The van der Waals surface area contributed by atoms with Crippen LogP contribution in [0.1, 0.15) is 40.5 Å². The summed E-state index contributed by atoms with van der Waals surface area (Å²) >= 11 is 0. The molecule has 12 heavy (non-hydrogen) atoms. The molecule has 0 bridgehead atoms. The second-order valence-corrected chi connectivity index (χ2v) is 6.13. The van der Waals surface area contributed by atoms with Gasteiger partial charge in [-0.05, 0) is 26.2 Å². The van der Waals surface area contributed by atoms with Crippen LogP contribution in [0.15, 0.2) is 0 Å². The number of hydrogen-bond acceptors (Lipinski definition) is 1. The molecule has 0 aliphatic rings. The monoisotopic (exact) mass is 194 g/mol. The fraction of sp³-hybridized carbons (Fsp3) is 1.00. The molecular formula is C8H19O3P. The van der Waals surface area contributed by atoms with E-state index >= 15 is 0 Å². The maximum atomic E-state index is 11.1. The summed E-state index contributed by atoms with van der Waals surface area (Å²) in [6.45, 7) is 7.18. The van der Waals surface area contributed by atoms with Gasteiger partial charge in [-0.2, -0.15) is 0 Å². The molecule has 0 heterocycles. The Hall–Kier alpha value is 0.150. The first kappa shape index (κ1) is 12.2. The Kier molecular flexibility index (Phi) is 3.95. The van der Waals surface area contributed by atoms with Gasteiger partial charge in [0.2, 0.25) is 0 Å². The minimum atomic E-state index is -3.95. The molecule has 0 aliphatic carbocycles. The summed E-state index contributed by atoms with van der Waals surface area (Å²) in [6.07, 6.45) is 1.82. The van der Waals surface area contributed by atoms with Gasteiger partial charge in [-0.15, -0.1) is 0 Å². The van der Waals surface area contributed by atoms with Crippen LogP contribution >= 0.6 is 7.60 Å². The van der Waals surface area contributed by atoms with Crippen LogP contribution in [0.4, 0.5) is 0 Å². The maximum Gasteiger partial charge on any atom is 0.331 e. The molecular weight excluding hydrogens is 175 g/mol. The second-order valence-electron chi connectivity index (χ2n) is 3.89. The van der Waals surface area contributed by atoms with E-state index in [1.807, 2.05) is 13.8 Å². The van der Waals surface area contributed by atoms with Gasteiger partial charge in [-0.1, -0.05) is 20.3 Å². The van der Waals surface area contributed by atoms with E-state index in [4.69, 9.17) is 9.79 Å². The van der Waals surface area contributed by atoms with Crippen molar-refractivity contribution in [2.75, 3.05) is 0 Å². The highest BCUT2D eigenvalue weighted by Gasteiger charge is 2.41. The average molecular weight is 194 g/mol. The standard InChI is InChI=1S/C8H19O3P/c1-5-6-7(2)8(3,4)12(9,10)11/h7H,5-6H2,1-4H3,(H2,9,10,11). The topological polar surface area (TPSA) is 57.5 Å². The highest BCUT2D eigenvalue weighted by atomic mass is 31.2. The van der Waals surface area contributed by atoms with Crippen LogP contribution in [0.3, 0.4) is 0 Å². The molecule has 3 nitrogen and oxygen atoms in total. The summed E-state index contributed by atoms with van der Waals surface area (Å²) in [4.78, 5) is 18.1. The minimum absolute atomic E-state index is 0.0586. The van der Waals surface area contributed by atoms with Crippen LogP contribution in [-0.2, 0) is 4.57 Å². The highest BCUT2D eigenvalue weighted by molar-refractivity contribution is 7.53. The molecule has 2 N–H and O–H groups in total. The van der Waals surface area contributed by atoms with E-state index in [1.165, 1.54) is 0 Å². The lowest BCUT2D eigenvalue weighted by Crippen LogP contribution is -2.29. The summed E-state index contributed by atoms with van der Waals surface area (Å²) in [6, 6.07) is 0. The van der Waals surface area contributed by atoms with Crippen molar-refractivity contribution in [3.8, 4) is 0 Å². The Bertz CT molecular complexity index is 183. The van der Waals surface area contributed by atoms with E-state index < -0.39 is 12.8 Å². The van der Waals surface area contributed by atoms with Crippen molar-refractivity contribution >= 4 is 7.60 Å². The van der Waals surface area contributed by atoms with E-state index in [0.29, 0.717) is 0 Å². The molecule has 0 amide bonds. The van der Waals surface area contributed by atoms with Crippen LogP contribution in [0.5, 0.6) is 0 Å². The quantitative estimate of drug-likeness (QED) is 0.675. The van der Waals surface area contributed by atoms with Gasteiger partial charge >= 0.3 is 7.60 Å². The van der Waals surface area contributed by atoms with Crippen molar-refractivity contribution in [2.45, 2.75) is 45.7 Å².